The molecule has 0 aliphatic carbocycles. The van der Waals surface area contributed by atoms with E-state index in [1.54, 1.807) is 0 Å². The van der Waals surface area contributed by atoms with Crippen LogP contribution in [-0.2, 0) is 9.47 Å². The molecule has 0 heterocycles. The molecule has 0 radical (unpaired) electrons. The molecule has 0 unspecified atom stereocenters. The summed E-state index contributed by atoms with van der Waals surface area (Å²) in [6.07, 6.45) is -5.64. The van der Waals surface area contributed by atoms with Crippen molar-refractivity contribution in [2.75, 3.05) is 0 Å². The van der Waals surface area contributed by atoms with Gasteiger partial charge in [-0.3, -0.25) is 0 Å². The Labute approximate surface area is 227 Å². The van der Waals surface area contributed by atoms with E-state index in [0.717, 1.165) is 0 Å². The van der Waals surface area contributed by atoms with Gasteiger partial charge in [0.15, 0.2) is 0 Å². The van der Waals surface area contributed by atoms with Crippen LogP contribution in [-0.4, -0.2) is 211 Å². The summed E-state index contributed by atoms with van der Waals surface area (Å²) < 4.78 is 6.47. The van der Waals surface area contributed by atoms with Gasteiger partial charge in [0.1, 0.15) is 0 Å². The zero-order chi connectivity index (χ0) is 8.15. The summed E-state index contributed by atoms with van der Waals surface area (Å²) in [5, 5.41) is 15.4. The maximum atomic E-state index is 9.86. The monoisotopic (exact) mass is 510 g/mol. The molecule has 0 aromatic heterocycles. The molecule has 0 spiro atoms. The van der Waals surface area contributed by atoms with Crippen molar-refractivity contribution in [2.24, 2.45) is 0 Å². The minimum absolute atomic E-state index is 0. The van der Waals surface area contributed by atoms with Crippen LogP contribution in [0.1, 0.15) is 0 Å². The molecule has 0 aromatic carbocycles. The number of rotatable bonds is 0. The van der Waals surface area contributed by atoms with Gasteiger partial charge in [-0.25, -0.2) is 14.4 Å². The third-order valence-corrected chi connectivity index (χ3v) is 0.341. The first kappa shape index (κ1) is 30.9. The van der Waals surface area contributed by atoms with E-state index in [9.17, 15) is 14.4 Å². The van der Waals surface area contributed by atoms with Gasteiger partial charge in [-0.1, -0.05) is 0 Å². The van der Waals surface area contributed by atoms with E-state index in [-0.39, 0.29) is 182 Å². The van der Waals surface area contributed by atoms with Crippen molar-refractivity contribution in [1.29, 1.82) is 0 Å². The van der Waals surface area contributed by atoms with E-state index >= 15 is 0 Å². The van der Waals surface area contributed by atoms with Crippen LogP contribution < -0.4 is 0 Å². The first-order chi connectivity index (χ1) is 4.52. The molecule has 0 aliphatic rings. The van der Waals surface area contributed by atoms with Crippen molar-refractivity contribution >= 4 is 200 Å². The maximum absolute atomic E-state index is 9.86. The van der Waals surface area contributed by atoms with Gasteiger partial charge in [0.25, 0.3) is 0 Å². The summed E-state index contributed by atoms with van der Waals surface area (Å²) in [7, 11) is 0. The molecule has 0 saturated carbocycles. The molecular weight excluding hydrogens is 499 g/mol. The Bertz CT molecular complexity index is 164. The van der Waals surface area contributed by atoms with Gasteiger partial charge in [-0.15, -0.1) is 0 Å². The fraction of sp³-hybridized carbons (Fsp3) is 0. The normalized spacial score (nSPS) is 5.71. The van der Waals surface area contributed by atoms with E-state index in [1.807, 2.05) is 0 Å². The predicted octanol–water partition coefficient (Wildman–Crippen LogP) is -3.17. The average Bonchev–Trinajstić information content (AvgIpc) is 1.58. The van der Waals surface area contributed by atoms with Gasteiger partial charge >= 0.3 is 200 Å². The molecular formula is C3H10O7Sr4. The van der Waals surface area contributed by atoms with Crippen LogP contribution in [0.25, 0.3) is 0 Å². The third-order valence-electron chi connectivity index (χ3n) is 0.341. The Balaban J connectivity index is -0.0000000675. The standard InChI is InChI=1S/C3H2O7.4Sr.8H/c4-1(5)9-3(8)10-2(6)7;;;;;;;;;;;;/h(H,4,5)(H,6,7);;;;;;;;;;;;. The molecule has 0 bridgehead atoms. The number of carbonyl (C=O) groups is 3. The average molecular weight is 509 g/mol. The molecule has 72 valence electrons. The zero-order valence-corrected chi connectivity index (χ0v) is 4.44. The van der Waals surface area contributed by atoms with Crippen LogP contribution in [0.3, 0.4) is 0 Å². The Morgan fingerprint density at radius 2 is 0.929 bits per heavy atom. The van der Waals surface area contributed by atoms with Crippen LogP contribution >= 0.6 is 0 Å². The molecule has 2 N–H and O–H groups in total. The molecule has 14 heavy (non-hydrogen) atoms. The Hall–Kier alpha value is 4.13. The van der Waals surface area contributed by atoms with E-state index in [1.165, 1.54) is 0 Å². The second kappa shape index (κ2) is 19.5. The van der Waals surface area contributed by atoms with Crippen molar-refractivity contribution in [3.63, 3.8) is 0 Å². The van der Waals surface area contributed by atoms with Crippen LogP contribution in [0.5, 0.6) is 0 Å². The number of carbonyl (C=O) groups excluding carboxylic acids is 1. The summed E-state index contributed by atoms with van der Waals surface area (Å²) in [6.45, 7) is 0. The van der Waals surface area contributed by atoms with Crippen molar-refractivity contribution in [3.05, 3.63) is 0 Å². The zero-order valence-electron chi connectivity index (χ0n) is 4.44. The summed E-state index contributed by atoms with van der Waals surface area (Å²) in [4.78, 5) is 28.8. The number of ether oxygens (including phenoxy) is 2. The number of carboxylic acid groups (broad SMARTS) is 2. The fourth-order valence-electron chi connectivity index (χ4n) is 0.163. The summed E-state index contributed by atoms with van der Waals surface area (Å²) in [6, 6.07) is 0. The molecule has 11 heteroatoms. The van der Waals surface area contributed by atoms with Crippen molar-refractivity contribution < 1.29 is 34.1 Å². The van der Waals surface area contributed by atoms with Crippen LogP contribution in [0, 0.1) is 0 Å². The predicted molar refractivity (Wildman–Crippen MR) is 57.8 cm³/mol. The van der Waals surface area contributed by atoms with Gasteiger partial charge in [0, 0.05) is 0 Å². The Kier molecular flexibility index (Phi) is 42.9. The summed E-state index contributed by atoms with van der Waals surface area (Å²) in [5.74, 6) is 0. The molecule has 0 aromatic rings. The molecule has 0 saturated heterocycles. The second-order valence-corrected chi connectivity index (χ2v) is 0.986. The minimum atomic E-state index is -1.92. The summed E-state index contributed by atoms with van der Waals surface area (Å²) >= 11 is 0. The molecule has 0 atom stereocenters. The first-order valence-corrected chi connectivity index (χ1v) is 1.88. The van der Waals surface area contributed by atoms with Gasteiger partial charge in [0.05, 0.1) is 0 Å². The SMILES string of the molecule is O=C(O)OC(=O)OC(=O)O.[SrH2].[SrH2].[SrH2].[SrH2]. The van der Waals surface area contributed by atoms with Crippen LogP contribution in [0.4, 0.5) is 14.4 Å². The van der Waals surface area contributed by atoms with Crippen LogP contribution in [0.15, 0.2) is 0 Å². The van der Waals surface area contributed by atoms with E-state index in [0.29, 0.717) is 0 Å². The quantitative estimate of drug-likeness (QED) is 0.202. The Morgan fingerprint density at radius 3 is 1.07 bits per heavy atom. The molecule has 0 amide bonds. The molecule has 0 rings (SSSR count). The summed E-state index contributed by atoms with van der Waals surface area (Å²) in [5.41, 5.74) is 0. The topological polar surface area (TPSA) is 110 Å². The van der Waals surface area contributed by atoms with Crippen LogP contribution in [0.2, 0.25) is 0 Å². The van der Waals surface area contributed by atoms with Gasteiger partial charge < -0.3 is 19.7 Å². The van der Waals surface area contributed by atoms with Gasteiger partial charge in [-0.2, -0.15) is 0 Å². The van der Waals surface area contributed by atoms with Crippen molar-refractivity contribution in [2.45, 2.75) is 0 Å². The van der Waals surface area contributed by atoms with Crippen molar-refractivity contribution in [3.8, 4) is 0 Å². The molecule has 0 fully saturated rings. The van der Waals surface area contributed by atoms with E-state index in [4.69, 9.17) is 10.2 Å². The van der Waals surface area contributed by atoms with Crippen molar-refractivity contribution in [1.82, 2.24) is 0 Å². The Morgan fingerprint density at radius 1 is 0.714 bits per heavy atom. The molecule has 7 nitrogen and oxygen atoms in total. The number of hydrogen-bond acceptors (Lipinski definition) is 5. The number of hydrogen-bond donors (Lipinski definition) is 2. The fourth-order valence-corrected chi connectivity index (χ4v) is 0.163. The first-order valence-electron chi connectivity index (χ1n) is 1.88. The second-order valence-electron chi connectivity index (χ2n) is 0.986. The molecule has 0 aliphatic heterocycles. The van der Waals surface area contributed by atoms with Gasteiger partial charge in [-0.05, 0) is 0 Å². The third kappa shape index (κ3) is 25.1. The van der Waals surface area contributed by atoms with E-state index < -0.39 is 18.5 Å². The van der Waals surface area contributed by atoms with Gasteiger partial charge in [0.2, 0.25) is 0 Å². The van der Waals surface area contributed by atoms with E-state index in [2.05, 4.69) is 9.47 Å².